The molecule has 0 saturated carbocycles. The van der Waals surface area contributed by atoms with Crippen molar-refractivity contribution < 1.29 is 38.1 Å². The van der Waals surface area contributed by atoms with E-state index >= 15 is 0 Å². The van der Waals surface area contributed by atoms with E-state index in [4.69, 9.17) is 14.9 Å². The Morgan fingerprint density at radius 1 is 0.786 bits per heavy atom. The average Bonchev–Trinajstić information content (AvgIpc) is 2.65. The Morgan fingerprint density at radius 3 is 1.64 bits per heavy atom. The van der Waals surface area contributed by atoms with E-state index < -0.39 is 35.1 Å². The van der Waals surface area contributed by atoms with Crippen LogP contribution < -0.4 is 0 Å². The molecule has 2 aromatic carbocycles. The molecule has 0 heterocycles. The number of benzene rings is 2. The first kappa shape index (κ1) is 20.1. The summed E-state index contributed by atoms with van der Waals surface area (Å²) in [6.07, 6.45) is 0. The van der Waals surface area contributed by atoms with Gasteiger partial charge >= 0.3 is 17.9 Å². The number of halogens is 2. The number of esters is 1. The van der Waals surface area contributed by atoms with Gasteiger partial charge in [0, 0.05) is 17.4 Å². The monoisotopic (exact) mass is 384 g/mol. The van der Waals surface area contributed by atoms with E-state index in [0.29, 0.717) is 0 Å². The van der Waals surface area contributed by atoms with Crippen LogP contribution in [0.3, 0.4) is 0 Å². The van der Waals surface area contributed by atoms with Crippen LogP contribution in [0.4, 0.5) is 8.78 Å². The molecule has 0 saturated heterocycles. The molecule has 2 N–H and O–H groups in total. The van der Waals surface area contributed by atoms with Gasteiger partial charge < -0.3 is 14.9 Å². The Hall–Kier alpha value is -4.17. The molecule has 0 aliphatic carbocycles. The van der Waals surface area contributed by atoms with Gasteiger partial charge in [-0.25, -0.2) is 23.2 Å². The molecule has 0 amide bonds. The fraction of sp³-hybridized carbons (Fsp3) is 0.0500. The Labute approximate surface area is 157 Å². The Morgan fingerprint density at radius 2 is 1.21 bits per heavy atom. The van der Waals surface area contributed by atoms with Crippen LogP contribution in [0.5, 0.6) is 0 Å². The highest BCUT2D eigenvalue weighted by Crippen LogP contribution is 2.27. The van der Waals surface area contributed by atoms with Crippen molar-refractivity contribution in [3.05, 3.63) is 71.3 Å². The quantitative estimate of drug-likeness (QED) is 0.622. The van der Waals surface area contributed by atoms with Crippen LogP contribution in [0.1, 0.15) is 15.9 Å². The summed E-state index contributed by atoms with van der Waals surface area (Å²) in [5.41, 5.74) is -2.52. The van der Waals surface area contributed by atoms with Gasteiger partial charge in [-0.05, 0) is 48.2 Å². The minimum Gasteiger partial charge on any atom is -0.472 e. The third-order valence-electron chi connectivity index (χ3n) is 3.27. The Balaban J connectivity index is 2.62. The molecule has 0 bridgehead atoms. The standard InChI is InChI=1S/C20H10F2O6/c21-15-5-1-13(2-6-15)19(27)28-20(11-9-17(23)24,12-10-18(25)26)14-3-7-16(22)8-4-14/h1-8H,(H,23,24)(H,25,26). The van der Waals surface area contributed by atoms with Crippen molar-refractivity contribution in [3.8, 4) is 23.7 Å². The second-order valence-electron chi connectivity index (χ2n) is 5.19. The van der Waals surface area contributed by atoms with Crippen LogP contribution in [0.15, 0.2) is 48.5 Å². The molecular weight excluding hydrogens is 374 g/mol. The zero-order valence-corrected chi connectivity index (χ0v) is 13.9. The maximum atomic E-state index is 13.3. The number of ether oxygens (including phenoxy) is 1. The van der Waals surface area contributed by atoms with Crippen LogP contribution in [0, 0.1) is 35.3 Å². The minimum absolute atomic E-state index is 0.0770. The first-order valence-electron chi connectivity index (χ1n) is 7.49. The Bertz CT molecular complexity index is 1000. The maximum absolute atomic E-state index is 13.3. The molecule has 0 fully saturated rings. The summed E-state index contributed by atoms with van der Waals surface area (Å²) in [5, 5.41) is 17.7. The molecule has 6 nitrogen and oxygen atoms in total. The van der Waals surface area contributed by atoms with Crippen molar-refractivity contribution in [1.82, 2.24) is 0 Å². The lowest BCUT2D eigenvalue weighted by atomic mass is 9.94. The fourth-order valence-electron chi connectivity index (χ4n) is 2.04. The summed E-state index contributed by atoms with van der Waals surface area (Å²) in [6, 6.07) is 8.34. The third-order valence-corrected chi connectivity index (χ3v) is 3.27. The number of aliphatic carboxylic acids is 2. The normalized spacial score (nSPS) is 9.93. The highest BCUT2D eigenvalue weighted by Gasteiger charge is 2.34. The van der Waals surface area contributed by atoms with Gasteiger partial charge in [-0.15, -0.1) is 0 Å². The molecule has 8 heteroatoms. The number of rotatable bonds is 3. The number of carbonyl (C=O) groups is 3. The molecule has 0 aromatic heterocycles. The van der Waals surface area contributed by atoms with Gasteiger partial charge in [0.1, 0.15) is 11.6 Å². The molecule has 2 rings (SSSR count). The lowest BCUT2D eigenvalue weighted by Crippen LogP contribution is -2.30. The number of carboxylic acids is 2. The van der Waals surface area contributed by atoms with E-state index in [2.05, 4.69) is 11.8 Å². The van der Waals surface area contributed by atoms with E-state index in [1.807, 2.05) is 0 Å². The zero-order chi connectivity index (χ0) is 20.7. The van der Waals surface area contributed by atoms with Gasteiger partial charge in [0.15, 0.2) is 0 Å². The molecule has 0 aliphatic rings. The summed E-state index contributed by atoms with van der Waals surface area (Å²) in [5.74, 6) is 2.14. The fourth-order valence-corrected chi connectivity index (χ4v) is 2.04. The smallest absolute Gasteiger partial charge is 0.382 e. The third kappa shape index (κ3) is 5.16. The maximum Gasteiger partial charge on any atom is 0.382 e. The summed E-state index contributed by atoms with van der Waals surface area (Å²) >= 11 is 0. The molecule has 28 heavy (non-hydrogen) atoms. The first-order chi connectivity index (χ1) is 13.2. The number of carboxylic acid groups (broad SMARTS) is 2. The van der Waals surface area contributed by atoms with Crippen molar-refractivity contribution in [2.45, 2.75) is 5.60 Å². The predicted molar refractivity (Wildman–Crippen MR) is 90.7 cm³/mol. The van der Waals surface area contributed by atoms with Crippen LogP contribution in [0.25, 0.3) is 0 Å². The number of carbonyl (C=O) groups excluding carboxylic acids is 1. The molecule has 0 aliphatic heterocycles. The van der Waals surface area contributed by atoms with Crippen LogP contribution in [0.2, 0.25) is 0 Å². The molecular formula is C20H10F2O6. The van der Waals surface area contributed by atoms with E-state index in [9.17, 15) is 23.2 Å². The van der Waals surface area contributed by atoms with Crippen LogP contribution in [-0.2, 0) is 19.9 Å². The first-order valence-corrected chi connectivity index (χ1v) is 7.49. The average molecular weight is 384 g/mol. The summed E-state index contributed by atoms with van der Waals surface area (Å²) < 4.78 is 31.5. The second kappa shape index (κ2) is 8.47. The predicted octanol–water partition coefficient (Wildman–Crippen LogP) is 2.19. The molecule has 140 valence electrons. The van der Waals surface area contributed by atoms with Crippen molar-refractivity contribution in [2.75, 3.05) is 0 Å². The number of hydrogen-bond acceptors (Lipinski definition) is 4. The van der Waals surface area contributed by atoms with E-state index in [-0.39, 0.29) is 11.1 Å². The van der Waals surface area contributed by atoms with Crippen molar-refractivity contribution >= 4 is 17.9 Å². The van der Waals surface area contributed by atoms with Gasteiger partial charge in [-0.2, -0.15) is 0 Å². The summed E-state index contributed by atoms with van der Waals surface area (Å²) in [7, 11) is 0. The number of hydrogen-bond donors (Lipinski definition) is 2. The van der Waals surface area contributed by atoms with E-state index in [0.717, 1.165) is 48.5 Å². The van der Waals surface area contributed by atoms with Gasteiger partial charge in [0.2, 0.25) is 0 Å². The topological polar surface area (TPSA) is 101 Å². The van der Waals surface area contributed by atoms with Gasteiger partial charge in [0.25, 0.3) is 5.60 Å². The van der Waals surface area contributed by atoms with E-state index in [1.54, 1.807) is 11.8 Å². The van der Waals surface area contributed by atoms with Crippen LogP contribution >= 0.6 is 0 Å². The van der Waals surface area contributed by atoms with Gasteiger partial charge in [-0.3, -0.25) is 0 Å². The lowest BCUT2D eigenvalue weighted by molar-refractivity contribution is -0.131. The molecule has 0 unspecified atom stereocenters. The van der Waals surface area contributed by atoms with E-state index in [1.165, 1.54) is 0 Å². The molecule has 0 atom stereocenters. The van der Waals surface area contributed by atoms with Crippen molar-refractivity contribution in [1.29, 1.82) is 0 Å². The molecule has 2 aromatic rings. The Kier molecular flexibility index (Phi) is 6.10. The molecule has 0 spiro atoms. The molecule has 0 radical (unpaired) electrons. The van der Waals surface area contributed by atoms with Crippen molar-refractivity contribution in [3.63, 3.8) is 0 Å². The lowest BCUT2D eigenvalue weighted by Gasteiger charge is -2.23. The van der Waals surface area contributed by atoms with Gasteiger partial charge in [-0.1, -0.05) is 12.1 Å². The highest BCUT2D eigenvalue weighted by molar-refractivity contribution is 5.92. The zero-order valence-electron chi connectivity index (χ0n) is 13.9. The minimum atomic E-state index is -2.32. The summed E-state index contributed by atoms with van der Waals surface area (Å²) in [4.78, 5) is 34.2. The SMILES string of the molecule is O=C(O)C#CC(C#CC(=O)O)(OC(=O)c1ccc(F)cc1)c1ccc(F)cc1. The van der Waals surface area contributed by atoms with Crippen molar-refractivity contribution in [2.24, 2.45) is 0 Å². The largest absolute Gasteiger partial charge is 0.472 e. The second-order valence-corrected chi connectivity index (χ2v) is 5.19. The highest BCUT2D eigenvalue weighted by atomic mass is 19.1. The van der Waals surface area contributed by atoms with Crippen LogP contribution in [-0.4, -0.2) is 28.1 Å². The van der Waals surface area contributed by atoms with Gasteiger partial charge in [0.05, 0.1) is 5.56 Å². The summed E-state index contributed by atoms with van der Waals surface area (Å²) in [6.45, 7) is 0.